The van der Waals surface area contributed by atoms with Crippen LogP contribution in [0.3, 0.4) is 0 Å². The number of aliphatic hydroxyl groups is 1. The van der Waals surface area contributed by atoms with Gasteiger partial charge in [0.15, 0.2) is 0 Å². The van der Waals surface area contributed by atoms with E-state index >= 15 is 0 Å². The molecule has 0 rings (SSSR count). The van der Waals surface area contributed by atoms with Gasteiger partial charge in [0.1, 0.15) is 5.56 Å². The van der Waals surface area contributed by atoms with E-state index in [1.807, 2.05) is 0 Å². The van der Waals surface area contributed by atoms with Gasteiger partial charge in [0.05, 0.1) is 0 Å². The Kier molecular flexibility index (Phi) is 4.57. The quantitative estimate of drug-likeness (QED) is 0.566. The summed E-state index contributed by atoms with van der Waals surface area (Å²) in [4.78, 5) is 0. The fourth-order valence-electron chi connectivity index (χ4n) is 0.373. The highest BCUT2D eigenvalue weighted by Gasteiger charge is 1.92. The smallest absolute Gasteiger partial charge is 0.128 e. The lowest BCUT2D eigenvalue weighted by Crippen LogP contribution is -1.92. The van der Waals surface area contributed by atoms with Crippen molar-refractivity contribution in [2.24, 2.45) is 0 Å². The summed E-state index contributed by atoms with van der Waals surface area (Å²) in [5, 5.41) is 8.45. The molecular formula is C5H11ClO. The van der Waals surface area contributed by atoms with Gasteiger partial charge in [0.25, 0.3) is 0 Å². The first-order chi connectivity index (χ1) is 3.27. The highest BCUT2D eigenvalue weighted by molar-refractivity contribution is 6.19. The predicted octanol–water partition coefficient (Wildman–Crippen LogP) is 1.73. The summed E-state index contributed by atoms with van der Waals surface area (Å²) >= 11 is 5.21. The lowest BCUT2D eigenvalue weighted by atomic mass is 10.3. The van der Waals surface area contributed by atoms with Crippen LogP contribution < -0.4 is 0 Å². The summed E-state index contributed by atoms with van der Waals surface area (Å²) in [7, 11) is 0. The lowest BCUT2D eigenvalue weighted by molar-refractivity contribution is 0.242. The molecule has 2 heteroatoms. The van der Waals surface area contributed by atoms with Gasteiger partial charge < -0.3 is 5.11 Å². The maximum atomic E-state index is 8.45. The summed E-state index contributed by atoms with van der Waals surface area (Å²) in [6.45, 7) is 2.07. The molecule has 0 aromatic rings. The maximum Gasteiger partial charge on any atom is 0.128 e. The standard InChI is InChI=1S/C5H11ClO/c1-2-3-4-5(6)7/h5,7H,2-4H2,1H3. The summed E-state index contributed by atoms with van der Waals surface area (Å²) in [5.74, 6) is 0. The van der Waals surface area contributed by atoms with Gasteiger partial charge in [0.2, 0.25) is 0 Å². The second-order valence-corrected chi connectivity index (χ2v) is 2.08. The van der Waals surface area contributed by atoms with E-state index < -0.39 is 5.56 Å². The molecule has 44 valence electrons. The topological polar surface area (TPSA) is 20.2 Å². The number of alkyl halides is 1. The Balaban J connectivity index is 2.68. The number of hydrogen-bond donors (Lipinski definition) is 1. The van der Waals surface area contributed by atoms with Gasteiger partial charge in [0, 0.05) is 0 Å². The average Bonchev–Trinajstić information content (AvgIpc) is 1.61. The molecule has 0 fully saturated rings. The third-order valence-electron chi connectivity index (χ3n) is 0.796. The Morgan fingerprint density at radius 2 is 2.29 bits per heavy atom. The van der Waals surface area contributed by atoms with Crippen LogP contribution in [0.2, 0.25) is 0 Å². The van der Waals surface area contributed by atoms with E-state index in [0.29, 0.717) is 0 Å². The molecule has 0 amide bonds. The normalized spacial score (nSPS) is 14.1. The molecule has 0 heterocycles. The van der Waals surface area contributed by atoms with E-state index in [1.165, 1.54) is 0 Å². The maximum absolute atomic E-state index is 8.45. The zero-order chi connectivity index (χ0) is 5.70. The molecule has 1 atom stereocenters. The Morgan fingerprint density at radius 1 is 1.71 bits per heavy atom. The molecular weight excluding hydrogens is 112 g/mol. The molecule has 0 saturated heterocycles. The third-order valence-corrected chi connectivity index (χ3v) is 1.01. The van der Waals surface area contributed by atoms with E-state index in [2.05, 4.69) is 6.92 Å². The Morgan fingerprint density at radius 3 is 2.43 bits per heavy atom. The molecule has 0 saturated carbocycles. The highest BCUT2D eigenvalue weighted by Crippen LogP contribution is 2.02. The van der Waals surface area contributed by atoms with Gasteiger partial charge in [-0.1, -0.05) is 24.9 Å². The van der Waals surface area contributed by atoms with Crippen LogP contribution in [0.5, 0.6) is 0 Å². The Bertz CT molecular complexity index is 37.1. The van der Waals surface area contributed by atoms with E-state index in [9.17, 15) is 0 Å². The molecule has 0 bridgehead atoms. The summed E-state index contributed by atoms with van der Waals surface area (Å²) in [6, 6.07) is 0. The fraction of sp³-hybridized carbons (Fsp3) is 1.00. The van der Waals surface area contributed by atoms with Gasteiger partial charge in [-0.05, 0) is 12.8 Å². The minimum atomic E-state index is -0.625. The van der Waals surface area contributed by atoms with Crippen LogP contribution >= 0.6 is 11.6 Å². The van der Waals surface area contributed by atoms with Crippen molar-refractivity contribution in [3.63, 3.8) is 0 Å². The lowest BCUT2D eigenvalue weighted by Gasteiger charge is -1.96. The predicted molar refractivity (Wildman–Crippen MR) is 31.4 cm³/mol. The van der Waals surface area contributed by atoms with Crippen molar-refractivity contribution >= 4 is 11.6 Å². The van der Waals surface area contributed by atoms with Crippen LogP contribution in [0.25, 0.3) is 0 Å². The van der Waals surface area contributed by atoms with Gasteiger partial charge in [-0.25, -0.2) is 0 Å². The Hall–Kier alpha value is 0.250. The van der Waals surface area contributed by atoms with Gasteiger partial charge in [-0.15, -0.1) is 0 Å². The zero-order valence-electron chi connectivity index (χ0n) is 4.52. The zero-order valence-corrected chi connectivity index (χ0v) is 5.28. The first kappa shape index (κ1) is 7.25. The van der Waals surface area contributed by atoms with Crippen molar-refractivity contribution in [2.75, 3.05) is 0 Å². The molecule has 1 nitrogen and oxygen atoms in total. The minimum absolute atomic E-state index is 0.625. The van der Waals surface area contributed by atoms with Crippen LogP contribution in [-0.4, -0.2) is 10.7 Å². The third kappa shape index (κ3) is 6.25. The molecule has 0 aliphatic carbocycles. The summed E-state index contributed by atoms with van der Waals surface area (Å²) in [5.41, 5.74) is -0.625. The molecule has 7 heavy (non-hydrogen) atoms. The molecule has 0 aromatic heterocycles. The van der Waals surface area contributed by atoms with Gasteiger partial charge >= 0.3 is 0 Å². The summed E-state index contributed by atoms with van der Waals surface area (Å²) in [6.07, 6.45) is 2.84. The van der Waals surface area contributed by atoms with Crippen LogP contribution in [0, 0.1) is 0 Å². The Labute approximate surface area is 49.3 Å². The van der Waals surface area contributed by atoms with Crippen molar-refractivity contribution in [2.45, 2.75) is 31.7 Å². The number of aliphatic hydroxyl groups excluding tert-OH is 1. The molecule has 0 spiro atoms. The van der Waals surface area contributed by atoms with Crippen molar-refractivity contribution in [3.8, 4) is 0 Å². The summed E-state index contributed by atoms with van der Waals surface area (Å²) < 4.78 is 0. The SMILES string of the molecule is CCCCC(O)Cl. The number of halogens is 1. The highest BCUT2D eigenvalue weighted by atomic mass is 35.5. The van der Waals surface area contributed by atoms with E-state index in [1.54, 1.807) is 0 Å². The van der Waals surface area contributed by atoms with Crippen LogP contribution in [-0.2, 0) is 0 Å². The van der Waals surface area contributed by atoms with Gasteiger partial charge in [-0.3, -0.25) is 0 Å². The first-order valence-corrected chi connectivity index (χ1v) is 3.03. The van der Waals surface area contributed by atoms with Crippen LogP contribution in [0.15, 0.2) is 0 Å². The fourth-order valence-corrected chi connectivity index (χ4v) is 0.527. The second kappa shape index (κ2) is 4.41. The van der Waals surface area contributed by atoms with E-state index in [0.717, 1.165) is 19.3 Å². The first-order valence-electron chi connectivity index (χ1n) is 2.59. The van der Waals surface area contributed by atoms with Crippen LogP contribution in [0.4, 0.5) is 0 Å². The average molecular weight is 123 g/mol. The van der Waals surface area contributed by atoms with Crippen LogP contribution in [0.1, 0.15) is 26.2 Å². The molecule has 0 aromatic carbocycles. The molecule has 0 aliphatic rings. The van der Waals surface area contributed by atoms with Gasteiger partial charge in [-0.2, -0.15) is 0 Å². The molecule has 1 N–H and O–H groups in total. The largest absolute Gasteiger partial charge is 0.378 e. The van der Waals surface area contributed by atoms with Crippen molar-refractivity contribution < 1.29 is 5.11 Å². The van der Waals surface area contributed by atoms with Crippen molar-refractivity contribution in [1.82, 2.24) is 0 Å². The monoisotopic (exact) mass is 122 g/mol. The van der Waals surface area contributed by atoms with Crippen molar-refractivity contribution in [1.29, 1.82) is 0 Å². The van der Waals surface area contributed by atoms with Crippen molar-refractivity contribution in [3.05, 3.63) is 0 Å². The number of unbranched alkanes of at least 4 members (excludes halogenated alkanes) is 1. The number of hydrogen-bond acceptors (Lipinski definition) is 1. The van der Waals surface area contributed by atoms with E-state index in [4.69, 9.17) is 16.7 Å². The minimum Gasteiger partial charge on any atom is -0.378 e. The van der Waals surface area contributed by atoms with E-state index in [-0.39, 0.29) is 0 Å². The molecule has 0 radical (unpaired) electrons. The molecule has 1 unspecified atom stereocenters. The second-order valence-electron chi connectivity index (χ2n) is 1.58. The number of rotatable bonds is 3. The molecule has 0 aliphatic heterocycles.